The van der Waals surface area contributed by atoms with Gasteiger partial charge in [0.15, 0.2) is 11.6 Å². The second-order valence-corrected chi connectivity index (χ2v) is 6.15. The topological polar surface area (TPSA) is 18.5 Å². The molecule has 1 aliphatic heterocycles. The normalized spacial score (nSPS) is 18.3. The largest absolute Gasteiger partial charge is 0.497 e. The fraction of sp³-hybridized carbons (Fsp3) is 0.143. The average Bonchev–Trinajstić information content (AvgIpc) is 3.02. The van der Waals surface area contributed by atoms with Gasteiger partial charge in [-0.15, -0.1) is 0 Å². The molecule has 1 aliphatic rings. The Morgan fingerprint density at radius 2 is 1.69 bits per heavy atom. The van der Waals surface area contributed by atoms with Crippen molar-refractivity contribution in [3.8, 4) is 11.5 Å². The zero-order chi connectivity index (χ0) is 18.3. The van der Waals surface area contributed by atoms with Gasteiger partial charge in [0, 0.05) is 5.56 Å². The molecule has 2 unspecified atom stereocenters. The molecule has 0 amide bonds. The number of ether oxygens (including phenoxy) is 2. The highest BCUT2D eigenvalue weighted by molar-refractivity contribution is 5.50. The predicted octanol–water partition coefficient (Wildman–Crippen LogP) is 5.38. The first-order valence-electron chi connectivity index (χ1n) is 8.12. The molecule has 0 radical (unpaired) electrons. The third-order valence-electron chi connectivity index (χ3n) is 4.59. The Morgan fingerprint density at radius 3 is 2.46 bits per heavy atom. The van der Waals surface area contributed by atoms with Crippen molar-refractivity contribution in [1.82, 2.24) is 0 Å². The van der Waals surface area contributed by atoms with Gasteiger partial charge in [-0.2, -0.15) is 0 Å². The summed E-state index contributed by atoms with van der Waals surface area (Å²) in [4.78, 5) is 0. The lowest BCUT2D eigenvalue weighted by molar-refractivity contribution is 0.221. The van der Waals surface area contributed by atoms with Crippen LogP contribution in [0.1, 0.15) is 28.7 Å². The van der Waals surface area contributed by atoms with Gasteiger partial charge in [0.1, 0.15) is 23.4 Å². The molecule has 0 saturated carbocycles. The molecular weight excluding hydrogens is 341 g/mol. The quantitative estimate of drug-likeness (QED) is 0.627. The van der Waals surface area contributed by atoms with Crippen molar-refractivity contribution in [2.75, 3.05) is 7.11 Å². The second-order valence-electron chi connectivity index (χ2n) is 6.15. The van der Waals surface area contributed by atoms with Crippen LogP contribution in [0.5, 0.6) is 11.5 Å². The lowest BCUT2D eigenvalue weighted by Gasteiger charge is -2.21. The van der Waals surface area contributed by atoms with Crippen molar-refractivity contribution in [1.29, 1.82) is 0 Å². The third kappa shape index (κ3) is 2.79. The zero-order valence-electron chi connectivity index (χ0n) is 13.9. The number of halogens is 3. The van der Waals surface area contributed by atoms with Crippen molar-refractivity contribution in [3.05, 3.63) is 94.8 Å². The van der Waals surface area contributed by atoms with Crippen LogP contribution in [-0.4, -0.2) is 7.11 Å². The first-order chi connectivity index (χ1) is 12.6. The molecule has 2 nitrogen and oxygen atoms in total. The third-order valence-corrected chi connectivity index (χ3v) is 4.59. The molecule has 3 aromatic carbocycles. The first kappa shape index (κ1) is 16.5. The summed E-state index contributed by atoms with van der Waals surface area (Å²) in [6.45, 7) is 0. The van der Waals surface area contributed by atoms with Crippen molar-refractivity contribution in [3.63, 3.8) is 0 Å². The van der Waals surface area contributed by atoms with E-state index in [1.54, 1.807) is 19.2 Å². The van der Waals surface area contributed by atoms with Crippen LogP contribution in [0.4, 0.5) is 13.2 Å². The highest BCUT2D eigenvalue weighted by atomic mass is 19.2. The monoisotopic (exact) mass is 356 g/mol. The Morgan fingerprint density at radius 1 is 0.846 bits per heavy atom. The fourth-order valence-electron chi connectivity index (χ4n) is 3.38. The van der Waals surface area contributed by atoms with Gasteiger partial charge < -0.3 is 9.47 Å². The Hall–Kier alpha value is -2.95. The number of rotatable bonds is 3. The van der Waals surface area contributed by atoms with Crippen LogP contribution in [0.25, 0.3) is 0 Å². The van der Waals surface area contributed by atoms with Crippen molar-refractivity contribution in [2.24, 2.45) is 0 Å². The molecule has 0 spiro atoms. The van der Waals surface area contributed by atoms with E-state index in [2.05, 4.69) is 0 Å². The van der Waals surface area contributed by atoms with Crippen LogP contribution in [0.3, 0.4) is 0 Å². The highest BCUT2D eigenvalue weighted by Gasteiger charge is 2.37. The lowest BCUT2D eigenvalue weighted by atomic mass is 9.85. The van der Waals surface area contributed by atoms with E-state index >= 15 is 0 Å². The smallest absolute Gasteiger partial charge is 0.159 e. The molecule has 4 rings (SSSR count). The average molecular weight is 356 g/mol. The molecule has 2 atom stereocenters. The van der Waals surface area contributed by atoms with Gasteiger partial charge in [0.25, 0.3) is 0 Å². The van der Waals surface area contributed by atoms with E-state index in [-0.39, 0.29) is 0 Å². The number of benzene rings is 3. The van der Waals surface area contributed by atoms with E-state index in [9.17, 15) is 13.2 Å². The molecule has 132 valence electrons. The molecule has 0 N–H and O–H groups in total. The Balaban J connectivity index is 1.86. The fourth-order valence-corrected chi connectivity index (χ4v) is 3.38. The summed E-state index contributed by atoms with van der Waals surface area (Å²) >= 11 is 0. The highest BCUT2D eigenvalue weighted by Crippen LogP contribution is 2.50. The number of fused-ring (bicyclic) bond motifs is 1. The van der Waals surface area contributed by atoms with Gasteiger partial charge in [-0.3, -0.25) is 0 Å². The maximum Gasteiger partial charge on any atom is 0.159 e. The SMILES string of the molecule is COc1cccc(C2Oc3ccc(F)cc3C2c2ccc(F)c(F)c2)c1. The summed E-state index contributed by atoms with van der Waals surface area (Å²) in [6.07, 6.45) is -0.508. The molecule has 0 saturated heterocycles. The van der Waals surface area contributed by atoms with Crippen LogP contribution in [-0.2, 0) is 0 Å². The van der Waals surface area contributed by atoms with Crippen LogP contribution in [0.2, 0.25) is 0 Å². The Kier molecular flexibility index (Phi) is 4.07. The van der Waals surface area contributed by atoms with E-state index in [0.29, 0.717) is 22.6 Å². The maximum absolute atomic E-state index is 13.8. The van der Waals surface area contributed by atoms with E-state index in [0.717, 1.165) is 17.7 Å². The Bertz CT molecular complexity index is 971. The van der Waals surface area contributed by atoms with Crippen LogP contribution < -0.4 is 9.47 Å². The van der Waals surface area contributed by atoms with Gasteiger partial charge in [-0.25, -0.2) is 13.2 Å². The zero-order valence-corrected chi connectivity index (χ0v) is 13.9. The summed E-state index contributed by atoms with van der Waals surface area (Å²) in [5.41, 5.74) is 1.92. The van der Waals surface area contributed by atoms with E-state index in [1.807, 2.05) is 18.2 Å². The molecule has 0 aliphatic carbocycles. The molecule has 5 heteroatoms. The number of methoxy groups -OCH3 is 1. The van der Waals surface area contributed by atoms with E-state index < -0.39 is 29.5 Å². The molecule has 1 heterocycles. The molecular formula is C21H15F3O2. The van der Waals surface area contributed by atoms with Crippen molar-refractivity contribution >= 4 is 0 Å². The van der Waals surface area contributed by atoms with Crippen LogP contribution in [0.15, 0.2) is 60.7 Å². The lowest BCUT2D eigenvalue weighted by Crippen LogP contribution is -2.12. The minimum absolute atomic E-state index is 0.411. The summed E-state index contributed by atoms with van der Waals surface area (Å²) in [5, 5.41) is 0. The second kappa shape index (κ2) is 6.41. The van der Waals surface area contributed by atoms with Gasteiger partial charge in [-0.1, -0.05) is 18.2 Å². The van der Waals surface area contributed by atoms with Gasteiger partial charge in [0.05, 0.1) is 13.0 Å². The van der Waals surface area contributed by atoms with Crippen molar-refractivity contribution in [2.45, 2.75) is 12.0 Å². The molecule has 0 aromatic heterocycles. The van der Waals surface area contributed by atoms with Crippen molar-refractivity contribution < 1.29 is 22.6 Å². The molecule has 0 bridgehead atoms. The minimum Gasteiger partial charge on any atom is -0.497 e. The first-order valence-corrected chi connectivity index (χ1v) is 8.12. The molecule has 3 aromatic rings. The van der Waals surface area contributed by atoms with E-state index in [4.69, 9.17) is 9.47 Å². The van der Waals surface area contributed by atoms with Gasteiger partial charge in [-0.05, 0) is 53.6 Å². The van der Waals surface area contributed by atoms with E-state index in [1.165, 1.54) is 18.2 Å². The van der Waals surface area contributed by atoms with Gasteiger partial charge in [0.2, 0.25) is 0 Å². The summed E-state index contributed by atoms with van der Waals surface area (Å²) in [6, 6.07) is 15.3. The van der Waals surface area contributed by atoms with Crippen LogP contribution in [0, 0.1) is 17.5 Å². The molecule has 0 fully saturated rings. The summed E-state index contributed by atoms with van der Waals surface area (Å²) in [5.74, 6) is -1.58. The maximum atomic E-state index is 13.8. The summed E-state index contributed by atoms with van der Waals surface area (Å²) in [7, 11) is 1.56. The standard InChI is InChI=1S/C21H15F3O2/c1-25-15-4-2-3-13(9-15)21-20(12-5-7-17(23)18(24)10-12)16-11-14(22)6-8-19(16)26-21/h2-11,20-21H,1H3. The minimum atomic E-state index is -0.947. The molecule has 26 heavy (non-hydrogen) atoms. The van der Waals surface area contributed by atoms with Gasteiger partial charge >= 0.3 is 0 Å². The Labute approximate surface area is 148 Å². The number of hydrogen-bond donors (Lipinski definition) is 0. The predicted molar refractivity (Wildman–Crippen MR) is 91.0 cm³/mol. The number of hydrogen-bond acceptors (Lipinski definition) is 2. The summed E-state index contributed by atoms with van der Waals surface area (Å²) < 4.78 is 52.3. The van der Waals surface area contributed by atoms with Crippen LogP contribution >= 0.6 is 0 Å².